The summed E-state index contributed by atoms with van der Waals surface area (Å²) < 4.78 is 45.6. The quantitative estimate of drug-likeness (QED) is 0.450. The van der Waals surface area contributed by atoms with Crippen molar-refractivity contribution in [1.82, 2.24) is 10.6 Å². The van der Waals surface area contributed by atoms with Gasteiger partial charge in [0.2, 0.25) is 5.91 Å². The van der Waals surface area contributed by atoms with Crippen LogP contribution in [0.2, 0.25) is 0 Å². The normalized spacial score (nSPS) is 14.4. The fourth-order valence-corrected chi connectivity index (χ4v) is 4.13. The molecule has 3 N–H and O–H groups in total. The molecule has 0 aromatic heterocycles. The zero-order chi connectivity index (χ0) is 25.6. The van der Waals surface area contributed by atoms with Gasteiger partial charge >= 0.3 is 18.2 Å². The lowest BCUT2D eigenvalue weighted by molar-refractivity contribution is -0.156. The number of amides is 2. The van der Waals surface area contributed by atoms with Crippen molar-refractivity contribution >= 4 is 18.0 Å². The van der Waals surface area contributed by atoms with E-state index in [4.69, 9.17) is 9.84 Å². The maximum Gasteiger partial charge on any atom is 0.408 e. The summed E-state index contributed by atoms with van der Waals surface area (Å²) in [4.78, 5) is 34.8. The van der Waals surface area contributed by atoms with Crippen LogP contribution in [0.5, 0.6) is 0 Å². The number of nitrogens with one attached hydrogen (secondary N) is 2. The summed E-state index contributed by atoms with van der Waals surface area (Å²) in [6, 6.07) is 12.4. The molecule has 2 aromatic rings. The number of carboxylic acid groups (broad SMARTS) is 1. The molecule has 1 aliphatic carbocycles. The van der Waals surface area contributed by atoms with E-state index in [1.54, 1.807) is 6.92 Å². The Hall–Kier alpha value is -3.56. The maximum atomic E-state index is 13.5. The first-order valence-corrected chi connectivity index (χ1v) is 11.3. The van der Waals surface area contributed by atoms with E-state index in [9.17, 15) is 27.6 Å². The predicted molar refractivity (Wildman–Crippen MR) is 122 cm³/mol. The highest BCUT2D eigenvalue weighted by Crippen LogP contribution is 2.44. The number of alkyl carbamates (subject to hydrolysis) is 1. The van der Waals surface area contributed by atoms with Crippen molar-refractivity contribution in [1.29, 1.82) is 0 Å². The van der Waals surface area contributed by atoms with Crippen LogP contribution in [0.25, 0.3) is 11.1 Å². The second-order valence-electron chi connectivity index (χ2n) is 8.50. The lowest BCUT2D eigenvalue weighted by atomic mass is 9.98. The number of carbonyl (C=O) groups excluding carboxylic acids is 2. The average molecular weight is 492 g/mol. The number of fused-ring (bicyclic) bond motifs is 3. The Bertz CT molecular complexity index is 1030. The summed E-state index contributed by atoms with van der Waals surface area (Å²) in [5.41, 5.74) is 3.85. The summed E-state index contributed by atoms with van der Waals surface area (Å²) in [5, 5.41) is 13.0. The molecule has 7 nitrogen and oxygen atoms in total. The molecule has 0 bridgehead atoms. The number of carboxylic acids is 1. The first-order chi connectivity index (χ1) is 16.6. The Morgan fingerprint density at radius 3 is 2.06 bits per heavy atom. The lowest BCUT2D eigenvalue weighted by Gasteiger charge is -2.22. The molecule has 0 fully saturated rings. The van der Waals surface area contributed by atoms with E-state index >= 15 is 0 Å². The van der Waals surface area contributed by atoms with Crippen LogP contribution in [0, 0.1) is 0 Å². The number of alkyl halides is 3. The van der Waals surface area contributed by atoms with Crippen LogP contribution in [-0.4, -0.2) is 47.9 Å². The number of rotatable bonds is 10. The van der Waals surface area contributed by atoms with Gasteiger partial charge in [0.15, 0.2) is 0 Å². The van der Waals surface area contributed by atoms with E-state index < -0.39 is 49.1 Å². The van der Waals surface area contributed by atoms with Crippen molar-refractivity contribution in [3.63, 3.8) is 0 Å². The van der Waals surface area contributed by atoms with Crippen LogP contribution >= 0.6 is 0 Å². The smallest absolute Gasteiger partial charge is 0.408 e. The molecular formula is C25H27F3N2O5. The van der Waals surface area contributed by atoms with E-state index in [1.165, 1.54) is 0 Å². The molecular weight excluding hydrogens is 465 g/mol. The second kappa shape index (κ2) is 11.2. The predicted octanol–water partition coefficient (Wildman–Crippen LogP) is 4.61. The van der Waals surface area contributed by atoms with E-state index in [1.807, 2.05) is 53.8 Å². The zero-order valence-corrected chi connectivity index (χ0v) is 19.1. The van der Waals surface area contributed by atoms with Gasteiger partial charge in [-0.3, -0.25) is 9.59 Å². The molecule has 2 atom stereocenters. The maximum absolute atomic E-state index is 13.5. The van der Waals surface area contributed by atoms with Gasteiger partial charge < -0.3 is 20.5 Å². The Kier molecular flexibility index (Phi) is 8.37. The van der Waals surface area contributed by atoms with Crippen LogP contribution in [0.4, 0.5) is 18.0 Å². The number of benzene rings is 2. The molecule has 35 heavy (non-hydrogen) atoms. The summed E-state index contributed by atoms with van der Waals surface area (Å²) in [6.45, 7) is 1.43. The number of hydrogen-bond donors (Lipinski definition) is 3. The van der Waals surface area contributed by atoms with Crippen molar-refractivity contribution in [2.45, 2.75) is 56.8 Å². The minimum absolute atomic E-state index is 0.133. The summed E-state index contributed by atoms with van der Waals surface area (Å²) >= 11 is 0. The van der Waals surface area contributed by atoms with Crippen LogP contribution < -0.4 is 10.6 Å². The molecule has 0 saturated heterocycles. The minimum atomic E-state index is -4.78. The SMILES string of the molecule is CC(CCC(=O)O)NC(=O)CC[C@H](NC(=O)OCC1c2ccccc2-c2ccccc21)C(F)(F)F. The number of halogens is 3. The highest BCUT2D eigenvalue weighted by Gasteiger charge is 2.41. The lowest BCUT2D eigenvalue weighted by Crippen LogP contribution is -2.46. The van der Waals surface area contributed by atoms with Gasteiger partial charge in [0.1, 0.15) is 12.6 Å². The van der Waals surface area contributed by atoms with Crippen LogP contribution in [0.1, 0.15) is 49.7 Å². The van der Waals surface area contributed by atoms with Gasteiger partial charge in [0, 0.05) is 24.8 Å². The highest BCUT2D eigenvalue weighted by atomic mass is 19.4. The third kappa shape index (κ3) is 6.97. The van der Waals surface area contributed by atoms with Gasteiger partial charge in [-0.2, -0.15) is 13.2 Å². The summed E-state index contributed by atoms with van der Waals surface area (Å²) in [6.07, 6.45) is -7.18. The first kappa shape index (κ1) is 26.1. The molecule has 0 radical (unpaired) electrons. The number of aliphatic carboxylic acids is 1. The first-order valence-electron chi connectivity index (χ1n) is 11.3. The Morgan fingerprint density at radius 1 is 0.943 bits per heavy atom. The van der Waals surface area contributed by atoms with Gasteiger partial charge in [0.25, 0.3) is 0 Å². The van der Waals surface area contributed by atoms with Crippen molar-refractivity contribution < 1.29 is 37.4 Å². The van der Waals surface area contributed by atoms with E-state index in [0.29, 0.717) is 0 Å². The molecule has 3 rings (SSSR count). The van der Waals surface area contributed by atoms with Gasteiger partial charge in [-0.25, -0.2) is 4.79 Å². The molecule has 2 amide bonds. The standard InChI is InChI=1S/C25H27F3N2O5/c1-15(10-13-23(32)33)29-22(31)12-11-21(25(26,27)28)30-24(34)35-14-20-18-8-4-2-6-16(18)17-7-3-5-9-19(17)20/h2-9,15,20-21H,10-14H2,1H3,(H,29,31)(H,30,34)(H,32,33)/t15?,21-/m0/s1. The largest absolute Gasteiger partial charge is 0.481 e. The molecule has 0 spiro atoms. The van der Waals surface area contributed by atoms with Crippen LogP contribution in [0.3, 0.4) is 0 Å². The molecule has 0 aliphatic heterocycles. The number of ether oxygens (including phenoxy) is 1. The minimum Gasteiger partial charge on any atom is -0.481 e. The molecule has 1 unspecified atom stereocenters. The van der Waals surface area contributed by atoms with Crippen molar-refractivity contribution in [2.75, 3.05) is 6.61 Å². The van der Waals surface area contributed by atoms with Gasteiger partial charge in [0.05, 0.1) is 0 Å². The van der Waals surface area contributed by atoms with Crippen molar-refractivity contribution in [3.8, 4) is 11.1 Å². The summed E-state index contributed by atoms with van der Waals surface area (Å²) in [7, 11) is 0. The Labute approximate surface area is 200 Å². The average Bonchev–Trinajstić information content (AvgIpc) is 3.12. The van der Waals surface area contributed by atoms with Crippen LogP contribution in [-0.2, 0) is 14.3 Å². The number of hydrogen-bond acceptors (Lipinski definition) is 4. The van der Waals surface area contributed by atoms with E-state index in [-0.39, 0.29) is 25.4 Å². The molecule has 0 saturated carbocycles. The summed E-state index contributed by atoms with van der Waals surface area (Å²) in [5.74, 6) is -1.99. The molecule has 188 valence electrons. The van der Waals surface area contributed by atoms with Gasteiger partial charge in [-0.15, -0.1) is 0 Å². The van der Waals surface area contributed by atoms with E-state index in [2.05, 4.69) is 5.32 Å². The van der Waals surface area contributed by atoms with E-state index in [0.717, 1.165) is 22.3 Å². The third-order valence-electron chi connectivity index (χ3n) is 5.89. The van der Waals surface area contributed by atoms with Crippen LogP contribution in [0.15, 0.2) is 48.5 Å². The number of carbonyl (C=O) groups is 3. The topological polar surface area (TPSA) is 105 Å². The van der Waals surface area contributed by atoms with Crippen molar-refractivity contribution in [3.05, 3.63) is 59.7 Å². The zero-order valence-electron chi connectivity index (χ0n) is 19.1. The highest BCUT2D eigenvalue weighted by molar-refractivity contribution is 5.79. The fraction of sp³-hybridized carbons (Fsp3) is 0.400. The molecule has 2 aromatic carbocycles. The monoisotopic (exact) mass is 492 g/mol. The van der Waals surface area contributed by atoms with Gasteiger partial charge in [-0.05, 0) is 42.0 Å². The molecule has 10 heteroatoms. The fourth-order valence-electron chi connectivity index (χ4n) is 4.13. The second-order valence-corrected chi connectivity index (χ2v) is 8.50. The van der Waals surface area contributed by atoms with Crippen molar-refractivity contribution in [2.24, 2.45) is 0 Å². The molecule has 1 aliphatic rings. The third-order valence-corrected chi connectivity index (χ3v) is 5.89. The Morgan fingerprint density at radius 2 is 1.51 bits per heavy atom. The van der Waals surface area contributed by atoms with Gasteiger partial charge in [-0.1, -0.05) is 48.5 Å². The molecule has 0 heterocycles. The Balaban J connectivity index is 1.55.